The summed E-state index contributed by atoms with van der Waals surface area (Å²) in [7, 11) is 5.08. The summed E-state index contributed by atoms with van der Waals surface area (Å²) in [5.74, 6) is 0.139. The van der Waals surface area contributed by atoms with E-state index in [1.807, 2.05) is 44.4 Å². The van der Waals surface area contributed by atoms with Gasteiger partial charge < -0.3 is 9.64 Å². The molecule has 0 saturated heterocycles. The van der Waals surface area contributed by atoms with Crippen molar-refractivity contribution in [3.8, 4) is 0 Å². The van der Waals surface area contributed by atoms with E-state index in [0.29, 0.717) is 22.8 Å². The molecule has 0 aliphatic heterocycles. The highest BCUT2D eigenvalue weighted by atomic mass is 16.5. The first-order valence-electron chi connectivity index (χ1n) is 7.74. The Morgan fingerprint density at radius 3 is 2.48 bits per heavy atom. The highest BCUT2D eigenvalue weighted by Crippen LogP contribution is 2.21. The number of ether oxygens (including phenoxy) is 1. The number of carbonyl (C=O) groups is 1. The molecule has 6 nitrogen and oxygen atoms in total. The molecule has 6 heteroatoms. The lowest BCUT2D eigenvalue weighted by atomic mass is 10.1. The van der Waals surface area contributed by atoms with Crippen molar-refractivity contribution in [1.82, 2.24) is 15.0 Å². The minimum Gasteiger partial charge on any atom is -0.465 e. The molecule has 2 heterocycles. The number of anilines is 1. The zero-order chi connectivity index (χ0) is 17.8. The van der Waals surface area contributed by atoms with Crippen LogP contribution in [0.3, 0.4) is 0 Å². The molecular formula is C19H18N4O2. The number of rotatable bonds is 4. The average molecular weight is 334 g/mol. The third-order valence-corrected chi connectivity index (χ3v) is 3.65. The summed E-state index contributed by atoms with van der Waals surface area (Å²) in [5, 5.41) is 1.01. The Kier molecular flexibility index (Phi) is 4.70. The van der Waals surface area contributed by atoms with Gasteiger partial charge in [-0.25, -0.2) is 19.7 Å². The lowest BCUT2D eigenvalue weighted by Crippen LogP contribution is -2.12. The second-order valence-corrected chi connectivity index (χ2v) is 5.65. The molecule has 0 aliphatic rings. The fourth-order valence-electron chi connectivity index (χ4n) is 2.37. The van der Waals surface area contributed by atoms with Gasteiger partial charge in [0.1, 0.15) is 0 Å². The van der Waals surface area contributed by atoms with Crippen molar-refractivity contribution in [2.45, 2.75) is 0 Å². The van der Waals surface area contributed by atoms with E-state index in [-0.39, 0.29) is 0 Å². The fraction of sp³-hybridized carbons (Fsp3) is 0.158. The molecule has 0 saturated carbocycles. The summed E-state index contributed by atoms with van der Waals surface area (Å²) in [6.07, 6.45) is 5.00. The molecule has 3 rings (SSSR count). The van der Waals surface area contributed by atoms with Gasteiger partial charge in [0.25, 0.3) is 0 Å². The predicted molar refractivity (Wildman–Crippen MR) is 98.0 cm³/mol. The first-order chi connectivity index (χ1) is 12.1. The smallest absolute Gasteiger partial charge is 0.340 e. The standard InChI is InChI=1S/C19H18N4O2/c1-23(2)19-20-11-13(12-21-19)10-15(18(24)25-3)17-9-8-14-6-4-5-7-16(14)22-17/h4-12H,1-3H3/b15-10+. The van der Waals surface area contributed by atoms with Crippen LogP contribution in [0.1, 0.15) is 11.3 Å². The number of benzene rings is 1. The molecule has 0 spiro atoms. The summed E-state index contributed by atoms with van der Waals surface area (Å²) in [5.41, 5.74) is 2.41. The maximum absolute atomic E-state index is 12.2. The number of methoxy groups -OCH3 is 1. The topological polar surface area (TPSA) is 68.2 Å². The van der Waals surface area contributed by atoms with Gasteiger partial charge in [0, 0.05) is 37.4 Å². The number of hydrogen-bond acceptors (Lipinski definition) is 6. The molecule has 0 unspecified atom stereocenters. The van der Waals surface area contributed by atoms with Gasteiger partial charge in [0.05, 0.1) is 23.9 Å². The van der Waals surface area contributed by atoms with Crippen LogP contribution in [-0.4, -0.2) is 42.1 Å². The minimum atomic E-state index is -0.459. The van der Waals surface area contributed by atoms with Gasteiger partial charge in [-0.3, -0.25) is 0 Å². The Hall–Kier alpha value is -3.28. The number of esters is 1. The first kappa shape index (κ1) is 16.6. The van der Waals surface area contributed by atoms with Crippen molar-refractivity contribution >= 4 is 34.5 Å². The molecule has 0 radical (unpaired) electrons. The lowest BCUT2D eigenvalue weighted by Gasteiger charge is -2.09. The number of fused-ring (bicyclic) bond motifs is 1. The molecule has 0 atom stereocenters. The van der Waals surface area contributed by atoms with E-state index in [4.69, 9.17) is 4.74 Å². The molecule has 25 heavy (non-hydrogen) atoms. The van der Waals surface area contributed by atoms with Gasteiger partial charge in [-0.15, -0.1) is 0 Å². The number of pyridine rings is 1. The number of para-hydroxylation sites is 1. The molecule has 126 valence electrons. The summed E-state index contributed by atoms with van der Waals surface area (Å²) < 4.78 is 4.92. The lowest BCUT2D eigenvalue weighted by molar-refractivity contribution is -0.133. The van der Waals surface area contributed by atoms with Gasteiger partial charge in [0.2, 0.25) is 5.95 Å². The molecule has 0 fully saturated rings. The quantitative estimate of drug-likeness (QED) is 0.540. The zero-order valence-corrected chi connectivity index (χ0v) is 14.3. The van der Waals surface area contributed by atoms with Crippen LogP contribution < -0.4 is 4.90 Å². The first-order valence-corrected chi connectivity index (χ1v) is 7.74. The fourth-order valence-corrected chi connectivity index (χ4v) is 2.37. The molecule has 1 aromatic carbocycles. The Morgan fingerprint density at radius 2 is 1.80 bits per heavy atom. The van der Waals surface area contributed by atoms with E-state index in [2.05, 4.69) is 15.0 Å². The van der Waals surface area contributed by atoms with Gasteiger partial charge >= 0.3 is 5.97 Å². The van der Waals surface area contributed by atoms with Crippen LogP contribution in [-0.2, 0) is 9.53 Å². The molecular weight excluding hydrogens is 316 g/mol. The van der Waals surface area contributed by atoms with Gasteiger partial charge in [-0.2, -0.15) is 0 Å². The van der Waals surface area contributed by atoms with Crippen molar-refractivity contribution in [2.75, 3.05) is 26.1 Å². The number of nitrogens with zero attached hydrogens (tertiary/aromatic N) is 4. The van der Waals surface area contributed by atoms with E-state index >= 15 is 0 Å². The minimum absolute atomic E-state index is 0.356. The summed E-state index contributed by atoms with van der Waals surface area (Å²) in [6.45, 7) is 0. The van der Waals surface area contributed by atoms with Crippen LogP contribution in [0.2, 0.25) is 0 Å². The van der Waals surface area contributed by atoms with Gasteiger partial charge in [-0.1, -0.05) is 24.3 Å². The number of aromatic nitrogens is 3. The van der Waals surface area contributed by atoms with E-state index in [0.717, 1.165) is 10.9 Å². The van der Waals surface area contributed by atoms with Gasteiger partial charge in [-0.05, 0) is 18.2 Å². The Balaban J connectivity index is 2.05. The zero-order valence-electron chi connectivity index (χ0n) is 14.3. The molecule has 0 amide bonds. The van der Waals surface area contributed by atoms with E-state index in [1.165, 1.54) is 7.11 Å². The summed E-state index contributed by atoms with van der Waals surface area (Å²) >= 11 is 0. The Bertz CT molecular complexity index is 934. The molecule has 2 aromatic heterocycles. The normalized spacial score (nSPS) is 11.4. The monoisotopic (exact) mass is 334 g/mol. The van der Waals surface area contributed by atoms with Crippen molar-refractivity contribution in [2.24, 2.45) is 0 Å². The average Bonchev–Trinajstić information content (AvgIpc) is 2.65. The Morgan fingerprint density at radius 1 is 1.08 bits per heavy atom. The highest BCUT2D eigenvalue weighted by Gasteiger charge is 2.15. The third-order valence-electron chi connectivity index (χ3n) is 3.65. The van der Waals surface area contributed by atoms with Crippen molar-refractivity contribution in [1.29, 1.82) is 0 Å². The molecule has 0 N–H and O–H groups in total. The van der Waals surface area contributed by atoms with Crippen LogP contribution in [0.15, 0.2) is 48.8 Å². The maximum Gasteiger partial charge on any atom is 0.340 e. The Labute approximate surface area is 145 Å². The van der Waals surface area contributed by atoms with Crippen molar-refractivity contribution in [3.05, 3.63) is 60.0 Å². The molecule has 3 aromatic rings. The predicted octanol–water partition coefficient (Wildman–Crippen LogP) is 2.80. The van der Waals surface area contributed by atoms with Crippen molar-refractivity contribution < 1.29 is 9.53 Å². The van der Waals surface area contributed by atoms with Crippen LogP contribution in [0.4, 0.5) is 5.95 Å². The van der Waals surface area contributed by atoms with E-state index < -0.39 is 5.97 Å². The maximum atomic E-state index is 12.2. The van der Waals surface area contributed by atoms with Crippen molar-refractivity contribution in [3.63, 3.8) is 0 Å². The van der Waals surface area contributed by atoms with Crippen LogP contribution >= 0.6 is 0 Å². The highest BCUT2D eigenvalue weighted by molar-refractivity contribution is 6.21. The van der Waals surface area contributed by atoms with E-state index in [1.54, 1.807) is 29.4 Å². The second kappa shape index (κ2) is 7.09. The number of hydrogen-bond donors (Lipinski definition) is 0. The van der Waals surface area contributed by atoms with Gasteiger partial charge in [0.15, 0.2) is 0 Å². The van der Waals surface area contributed by atoms with E-state index in [9.17, 15) is 4.79 Å². The molecule has 0 aliphatic carbocycles. The largest absolute Gasteiger partial charge is 0.465 e. The van der Waals surface area contributed by atoms with Crippen LogP contribution in [0, 0.1) is 0 Å². The molecule has 0 bridgehead atoms. The van der Waals surface area contributed by atoms with Crippen LogP contribution in [0.5, 0.6) is 0 Å². The summed E-state index contributed by atoms with van der Waals surface area (Å²) in [6, 6.07) is 11.5. The SMILES string of the molecule is COC(=O)/C(=C/c1cnc(N(C)C)nc1)c1ccc2ccccc2n1. The summed E-state index contributed by atoms with van der Waals surface area (Å²) in [4.78, 5) is 27.1. The second-order valence-electron chi connectivity index (χ2n) is 5.65. The number of carbonyl (C=O) groups excluding carboxylic acids is 1. The van der Waals surface area contributed by atoms with Crippen LogP contribution in [0.25, 0.3) is 22.6 Å². The third kappa shape index (κ3) is 3.63.